The van der Waals surface area contributed by atoms with E-state index < -0.39 is 25.0 Å². The average molecular weight is 375 g/mol. The van der Waals surface area contributed by atoms with Crippen LogP contribution in [-0.4, -0.2) is 30.1 Å². The summed E-state index contributed by atoms with van der Waals surface area (Å²) in [5.41, 5.74) is 1.52. The standard InChI is InChI=1S/C9H11BrO.C9H12O2/c2*10-6-7-11-8-9-4-2-1-3-5-9/h1-5H,6-8H2;1-5,10H,6-8H2/i2*6D2,7D2. The molecule has 1 N–H and O–H groups in total. The number of benzene rings is 2. The maximum Gasteiger partial charge on any atom is 0.0718 e. The fourth-order valence-electron chi connectivity index (χ4n) is 1.45. The summed E-state index contributed by atoms with van der Waals surface area (Å²) in [6.07, 6.45) is 0. The molecule has 2 aromatic rings. The maximum absolute atomic E-state index is 8.86. The Morgan fingerprint density at radius 1 is 0.818 bits per heavy atom. The van der Waals surface area contributed by atoms with Gasteiger partial charge in [-0.25, -0.2) is 0 Å². The lowest BCUT2D eigenvalue weighted by atomic mass is 10.2. The Hall–Kier alpha value is -1.20. The molecule has 0 saturated heterocycles. The summed E-state index contributed by atoms with van der Waals surface area (Å²) in [7, 11) is 0. The highest BCUT2D eigenvalue weighted by molar-refractivity contribution is 9.09. The smallest absolute Gasteiger partial charge is 0.0718 e. The fourth-order valence-corrected chi connectivity index (χ4v) is 1.56. The van der Waals surface area contributed by atoms with Crippen molar-refractivity contribution in [1.29, 1.82) is 0 Å². The highest BCUT2D eigenvalue weighted by atomic mass is 79.9. The molecule has 2 aromatic carbocycles. The highest BCUT2D eigenvalue weighted by Crippen LogP contribution is 2.00. The van der Waals surface area contributed by atoms with Gasteiger partial charge >= 0.3 is 0 Å². The minimum atomic E-state index is -3.01. The number of hydrogen-bond acceptors (Lipinski definition) is 3. The van der Waals surface area contributed by atoms with Gasteiger partial charge in [-0.05, 0) is 11.1 Å². The van der Waals surface area contributed by atoms with Gasteiger partial charge in [0.2, 0.25) is 0 Å². The van der Waals surface area contributed by atoms with Crippen LogP contribution in [0.2, 0.25) is 0 Å². The molecular formula is C18H23BrO3. The number of alkyl halides is 1. The normalized spacial score (nSPS) is 17.9. The summed E-state index contributed by atoms with van der Waals surface area (Å²) in [5.74, 6) is 0. The first-order chi connectivity index (χ1) is 13.7. The van der Waals surface area contributed by atoms with Crippen LogP contribution in [0, 0.1) is 0 Å². The van der Waals surface area contributed by atoms with Crippen molar-refractivity contribution in [3.8, 4) is 0 Å². The van der Waals surface area contributed by atoms with E-state index in [2.05, 4.69) is 20.7 Å². The lowest BCUT2D eigenvalue weighted by Gasteiger charge is -2.00. The molecule has 0 aliphatic rings. The van der Waals surface area contributed by atoms with Gasteiger partial charge < -0.3 is 14.6 Å². The van der Waals surface area contributed by atoms with Crippen molar-refractivity contribution < 1.29 is 25.5 Å². The Morgan fingerprint density at radius 3 is 1.68 bits per heavy atom. The zero-order valence-corrected chi connectivity index (χ0v) is 13.4. The second-order valence-electron chi connectivity index (χ2n) is 3.96. The molecule has 2 rings (SSSR count). The SMILES string of the molecule is [2H]C([2H])(Br)C([2H])([2H])OCc1ccccc1.[2H]C([2H])(O)C([2H])([2H])OCc1ccccc1. The van der Waals surface area contributed by atoms with Crippen molar-refractivity contribution in [2.24, 2.45) is 0 Å². The summed E-state index contributed by atoms with van der Waals surface area (Å²) in [6.45, 7) is -8.14. The molecule has 0 bridgehead atoms. The van der Waals surface area contributed by atoms with Gasteiger partial charge in [0.05, 0.1) is 41.1 Å². The lowest BCUT2D eigenvalue weighted by Crippen LogP contribution is -1.98. The Labute approximate surface area is 152 Å². The first-order valence-electron chi connectivity index (χ1n) is 10.4. The van der Waals surface area contributed by atoms with E-state index in [1.165, 1.54) is 0 Å². The van der Waals surface area contributed by atoms with Crippen molar-refractivity contribution in [2.75, 3.05) is 25.0 Å². The van der Waals surface area contributed by atoms with Gasteiger partial charge in [0.1, 0.15) is 0 Å². The Kier molecular flexibility index (Phi) is 6.02. The lowest BCUT2D eigenvalue weighted by molar-refractivity contribution is 0.0815. The molecule has 0 atom stereocenters. The van der Waals surface area contributed by atoms with Crippen LogP contribution in [0.5, 0.6) is 0 Å². The molecule has 0 fully saturated rings. The number of rotatable bonds is 8. The van der Waals surface area contributed by atoms with Crippen LogP contribution >= 0.6 is 15.9 Å². The zero-order chi connectivity index (χ0) is 23.1. The largest absolute Gasteiger partial charge is 0.394 e. The minimum Gasteiger partial charge on any atom is -0.394 e. The van der Waals surface area contributed by atoms with Crippen LogP contribution in [0.3, 0.4) is 0 Å². The zero-order valence-electron chi connectivity index (χ0n) is 19.8. The second kappa shape index (κ2) is 13.5. The third kappa shape index (κ3) is 9.68. The monoisotopic (exact) mass is 374 g/mol. The molecule has 0 aromatic heterocycles. The van der Waals surface area contributed by atoms with E-state index in [-0.39, 0.29) is 13.2 Å². The van der Waals surface area contributed by atoms with Crippen LogP contribution in [0.25, 0.3) is 0 Å². The topological polar surface area (TPSA) is 38.7 Å². The summed E-state index contributed by atoms with van der Waals surface area (Å²) >= 11 is 2.61. The van der Waals surface area contributed by atoms with Gasteiger partial charge in [-0.15, -0.1) is 0 Å². The van der Waals surface area contributed by atoms with Gasteiger partial charge in [-0.3, -0.25) is 0 Å². The van der Waals surface area contributed by atoms with Gasteiger partial charge in [0.15, 0.2) is 0 Å². The van der Waals surface area contributed by atoms with Crippen LogP contribution < -0.4 is 0 Å². The van der Waals surface area contributed by atoms with Gasteiger partial charge in [0.25, 0.3) is 0 Å². The Bertz CT molecular complexity index is 684. The van der Waals surface area contributed by atoms with E-state index in [1.807, 2.05) is 24.3 Å². The average Bonchev–Trinajstić information content (AvgIpc) is 2.65. The number of aliphatic hydroxyl groups is 1. The van der Waals surface area contributed by atoms with Crippen molar-refractivity contribution in [1.82, 2.24) is 0 Å². The minimum absolute atomic E-state index is 0.0406. The number of halogens is 1. The Morgan fingerprint density at radius 2 is 1.27 bits per heavy atom. The van der Waals surface area contributed by atoms with Gasteiger partial charge in [-0.1, -0.05) is 76.6 Å². The second-order valence-corrected chi connectivity index (χ2v) is 4.36. The van der Waals surface area contributed by atoms with E-state index in [9.17, 15) is 0 Å². The molecule has 120 valence electrons. The van der Waals surface area contributed by atoms with Gasteiger partial charge in [0, 0.05) is 8.02 Å². The molecule has 4 heteroatoms. The summed E-state index contributed by atoms with van der Waals surface area (Å²) in [6, 6.07) is 17.9. The summed E-state index contributed by atoms with van der Waals surface area (Å²) in [5, 5.41) is 6.66. The van der Waals surface area contributed by atoms with Gasteiger partial charge in [-0.2, -0.15) is 0 Å². The van der Waals surface area contributed by atoms with E-state index >= 15 is 0 Å². The molecule has 0 aliphatic carbocycles. The molecule has 0 heterocycles. The predicted octanol–water partition coefficient (Wildman–Crippen LogP) is 3.79. The van der Waals surface area contributed by atoms with Crippen molar-refractivity contribution in [3.05, 3.63) is 71.8 Å². The van der Waals surface area contributed by atoms with Crippen molar-refractivity contribution >= 4 is 15.9 Å². The van der Waals surface area contributed by atoms with Crippen LogP contribution in [0.4, 0.5) is 0 Å². The van der Waals surface area contributed by atoms with E-state index in [0.29, 0.717) is 5.56 Å². The number of ether oxygens (including phenoxy) is 2. The molecule has 0 saturated carbocycles. The molecule has 0 radical (unpaired) electrons. The van der Waals surface area contributed by atoms with E-state index in [0.717, 1.165) is 5.56 Å². The van der Waals surface area contributed by atoms with Crippen LogP contribution in [-0.2, 0) is 22.7 Å². The molecule has 0 aliphatic heterocycles. The van der Waals surface area contributed by atoms with E-state index in [1.54, 1.807) is 36.4 Å². The maximum atomic E-state index is 8.86. The first-order valence-corrected chi connectivity index (χ1v) is 7.22. The quantitative estimate of drug-likeness (QED) is 0.714. The summed E-state index contributed by atoms with van der Waals surface area (Å²) in [4.78, 5) is 0. The molecule has 0 spiro atoms. The predicted molar refractivity (Wildman–Crippen MR) is 93.1 cm³/mol. The highest BCUT2D eigenvalue weighted by Gasteiger charge is 1.89. The molecule has 3 nitrogen and oxygen atoms in total. The fraction of sp³-hybridized carbons (Fsp3) is 0.333. The molecule has 0 unspecified atom stereocenters. The molecule has 0 amide bonds. The van der Waals surface area contributed by atoms with Crippen molar-refractivity contribution in [3.63, 3.8) is 0 Å². The third-order valence-corrected chi connectivity index (χ3v) is 2.55. The molecule has 22 heavy (non-hydrogen) atoms. The van der Waals surface area contributed by atoms with Crippen molar-refractivity contribution in [2.45, 2.75) is 13.2 Å². The Balaban J connectivity index is 0.000000300. The summed E-state index contributed by atoms with van der Waals surface area (Å²) < 4.78 is 66.6. The molecular weight excluding hydrogens is 344 g/mol. The van der Waals surface area contributed by atoms with Crippen LogP contribution in [0.15, 0.2) is 60.7 Å². The third-order valence-electron chi connectivity index (χ3n) is 2.39. The first kappa shape index (κ1) is 9.83. The number of hydrogen-bond donors (Lipinski definition) is 1. The van der Waals surface area contributed by atoms with E-state index in [4.69, 9.17) is 20.8 Å². The van der Waals surface area contributed by atoms with Crippen LogP contribution in [0.1, 0.15) is 22.1 Å².